The average molecular weight is 222 g/mol. The van der Waals surface area contributed by atoms with Crippen LogP contribution < -0.4 is 0 Å². The van der Waals surface area contributed by atoms with E-state index in [0.29, 0.717) is 5.82 Å². The Morgan fingerprint density at radius 3 is 2.56 bits per heavy atom. The van der Waals surface area contributed by atoms with E-state index in [0.717, 1.165) is 17.8 Å². The van der Waals surface area contributed by atoms with Gasteiger partial charge in [0.15, 0.2) is 0 Å². The summed E-state index contributed by atoms with van der Waals surface area (Å²) >= 11 is 0. The van der Waals surface area contributed by atoms with Gasteiger partial charge < -0.3 is 5.11 Å². The second kappa shape index (κ2) is 4.60. The van der Waals surface area contributed by atoms with E-state index < -0.39 is 11.4 Å². The maximum absolute atomic E-state index is 10.8. The van der Waals surface area contributed by atoms with Crippen molar-refractivity contribution in [3.63, 3.8) is 0 Å². The molecule has 4 nitrogen and oxygen atoms in total. The summed E-state index contributed by atoms with van der Waals surface area (Å²) in [6, 6.07) is 1.93. The van der Waals surface area contributed by atoms with Gasteiger partial charge in [0.25, 0.3) is 0 Å². The third kappa shape index (κ3) is 3.02. The Labute approximate surface area is 95.7 Å². The van der Waals surface area contributed by atoms with Gasteiger partial charge in [0.05, 0.1) is 6.42 Å². The number of aliphatic carboxylic acids is 1. The van der Waals surface area contributed by atoms with Crippen LogP contribution >= 0.6 is 0 Å². The third-order valence-corrected chi connectivity index (χ3v) is 2.47. The minimum Gasteiger partial charge on any atom is -0.481 e. The maximum Gasteiger partial charge on any atom is 0.304 e. The van der Waals surface area contributed by atoms with Crippen LogP contribution in [0.3, 0.4) is 0 Å². The summed E-state index contributed by atoms with van der Waals surface area (Å²) in [5.74, 6) is -0.208. The fraction of sp³-hybridized carbons (Fsp3) is 0.583. The fourth-order valence-electron chi connectivity index (χ4n) is 1.57. The van der Waals surface area contributed by atoms with E-state index in [1.165, 1.54) is 0 Å². The molecule has 0 unspecified atom stereocenters. The molecule has 1 heterocycles. The van der Waals surface area contributed by atoms with Gasteiger partial charge >= 0.3 is 5.97 Å². The number of aryl methyl sites for hydroxylation is 2. The summed E-state index contributed by atoms with van der Waals surface area (Å²) in [6.07, 6.45) is 0.874. The molecule has 1 rings (SSSR count). The lowest BCUT2D eigenvalue weighted by atomic mass is 9.88. The number of carboxylic acid groups (broad SMARTS) is 1. The first-order chi connectivity index (χ1) is 7.35. The molecule has 0 atom stereocenters. The van der Waals surface area contributed by atoms with Crippen molar-refractivity contribution in [2.75, 3.05) is 0 Å². The van der Waals surface area contributed by atoms with Crippen LogP contribution in [0.2, 0.25) is 0 Å². The lowest BCUT2D eigenvalue weighted by Gasteiger charge is -2.21. The van der Waals surface area contributed by atoms with Crippen molar-refractivity contribution in [1.29, 1.82) is 0 Å². The molecule has 16 heavy (non-hydrogen) atoms. The van der Waals surface area contributed by atoms with Crippen LogP contribution in [0, 0.1) is 6.92 Å². The molecular weight excluding hydrogens is 204 g/mol. The third-order valence-electron chi connectivity index (χ3n) is 2.47. The number of hydrogen-bond donors (Lipinski definition) is 1. The molecule has 88 valence electrons. The monoisotopic (exact) mass is 222 g/mol. The van der Waals surface area contributed by atoms with Gasteiger partial charge in [-0.15, -0.1) is 0 Å². The van der Waals surface area contributed by atoms with Crippen LogP contribution in [-0.2, 0) is 16.6 Å². The highest BCUT2D eigenvalue weighted by atomic mass is 16.4. The van der Waals surface area contributed by atoms with Crippen molar-refractivity contribution in [3.05, 3.63) is 23.3 Å². The van der Waals surface area contributed by atoms with Crippen molar-refractivity contribution in [2.45, 2.75) is 46.0 Å². The predicted octanol–water partition coefficient (Wildman–Crippen LogP) is 2.10. The summed E-state index contributed by atoms with van der Waals surface area (Å²) in [6.45, 7) is 7.64. The quantitative estimate of drug-likeness (QED) is 0.847. The normalized spacial score (nSPS) is 11.5. The highest BCUT2D eigenvalue weighted by Crippen LogP contribution is 2.24. The van der Waals surface area contributed by atoms with Gasteiger partial charge in [0, 0.05) is 16.8 Å². The van der Waals surface area contributed by atoms with Crippen molar-refractivity contribution in [1.82, 2.24) is 9.97 Å². The fourth-order valence-corrected chi connectivity index (χ4v) is 1.57. The Hall–Kier alpha value is -1.45. The van der Waals surface area contributed by atoms with Crippen molar-refractivity contribution < 1.29 is 9.90 Å². The van der Waals surface area contributed by atoms with Gasteiger partial charge in [-0.05, 0) is 19.4 Å². The molecule has 1 N–H and O–H groups in total. The molecule has 0 aliphatic heterocycles. The molecule has 0 aliphatic rings. The van der Waals surface area contributed by atoms with E-state index in [4.69, 9.17) is 5.11 Å². The highest BCUT2D eigenvalue weighted by molar-refractivity contribution is 5.68. The van der Waals surface area contributed by atoms with Crippen LogP contribution in [0.5, 0.6) is 0 Å². The van der Waals surface area contributed by atoms with E-state index in [9.17, 15) is 4.79 Å². The highest BCUT2D eigenvalue weighted by Gasteiger charge is 2.27. The summed E-state index contributed by atoms with van der Waals surface area (Å²) in [5.41, 5.74) is 1.32. The smallest absolute Gasteiger partial charge is 0.304 e. The van der Waals surface area contributed by atoms with Gasteiger partial charge in [0.2, 0.25) is 0 Å². The summed E-state index contributed by atoms with van der Waals surface area (Å²) in [4.78, 5) is 19.5. The SMILES string of the molecule is CCc1cc(C)nc(C(C)(C)CC(=O)O)n1. The lowest BCUT2D eigenvalue weighted by Crippen LogP contribution is -2.25. The molecule has 1 aromatic rings. The lowest BCUT2D eigenvalue weighted by molar-refractivity contribution is -0.138. The maximum atomic E-state index is 10.8. The second-order valence-electron chi connectivity index (χ2n) is 4.63. The molecule has 1 aromatic heterocycles. The summed E-state index contributed by atoms with van der Waals surface area (Å²) in [7, 11) is 0. The predicted molar refractivity (Wildman–Crippen MR) is 61.4 cm³/mol. The number of nitrogens with zero attached hydrogens (tertiary/aromatic N) is 2. The Balaban J connectivity index is 3.11. The molecule has 0 aromatic carbocycles. The van der Waals surface area contributed by atoms with Gasteiger partial charge in [-0.1, -0.05) is 20.8 Å². The molecule has 0 fully saturated rings. The minimum absolute atomic E-state index is 0.0413. The standard InChI is InChI=1S/C12H18N2O2/c1-5-9-6-8(2)13-11(14-9)12(3,4)7-10(15)16/h6H,5,7H2,1-4H3,(H,15,16). The van der Waals surface area contributed by atoms with Gasteiger partial charge in [-0.3, -0.25) is 4.79 Å². The van der Waals surface area contributed by atoms with Crippen molar-refractivity contribution in [3.8, 4) is 0 Å². The second-order valence-corrected chi connectivity index (χ2v) is 4.63. The van der Waals surface area contributed by atoms with Crippen LogP contribution in [0.4, 0.5) is 0 Å². The summed E-state index contributed by atoms with van der Waals surface area (Å²) in [5, 5.41) is 8.85. The zero-order valence-electron chi connectivity index (χ0n) is 10.2. The van der Waals surface area contributed by atoms with Crippen LogP contribution in [0.15, 0.2) is 6.07 Å². The van der Waals surface area contributed by atoms with E-state index >= 15 is 0 Å². The molecule has 0 amide bonds. The molecule has 0 aliphatic carbocycles. The van der Waals surface area contributed by atoms with Crippen LogP contribution in [0.1, 0.15) is 44.4 Å². The molecule has 0 spiro atoms. The number of hydrogen-bond acceptors (Lipinski definition) is 3. The molecule has 0 saturated heterocycles. The molecule has 0 radical (unpaired) electrons. The number of aromatic nitrogens is 2. The Morgan fingerprint density at radius 2 is 2.06 bits per heavy atom. The van der Waals surface area contributed by atoms with Crippen LogP contribution in [0.25, 0.3) is 0 Å². The van der Waals surface area contributed by atoms with E-state index in [1.54, 1.807) is 0 Å². The Morgan fingerprint density at radius 1 is 1.44 bits per heavy atom. The van der Waals surface area contributed by atoms with E-state index in [2.05, 4.69) is 9.97 Å². The first-order valence-electron chi connectivity index (χ1n) is 5.42. The van der Waals surface area contributed by atoms with E-state index in [-0.39, 0.29) is 6.42 Å². The largest absolute Gasteiger partial charge is 0.481 e. The minimum atomic E-state index is -0.826. The first kappa shape index (κ1) is 12.6. The van der Waals surface area contributed by atoms with Crippen molar-refractivity contribution >= 4 is 5.97 Å². The molecule has 0 bridgehead atoms. The number of carboxylic acids is 1. The average Bonchev–Trinajstić information content (AvgIpc) is 2.14. The van der Waals surface area contributed by atoms with E-state index in [1.807, 2.05) is 33.8 Å². The topological polar surface area (TPSA) is 63.1 Å². The molecular formula is C12H18N2O2. The van der Waals surface area contributed by atoms with Crippen molar-refractivity contribution in [2.24, 2.45) is 0 Å². The van der Waals surface area contributed by atoms with Gasteiger partial charge in [-0.25, -0.2) is 9.97 Å². The van der Waals surface area contributed by atoms with Gasteiger partial charge in [-0.2, -0.15) is 0 Å². The summed E-state index contributed by atoms with van der Waals surface area (Å²) < 4.78 is 0. The Kier molecular flexibility index (Phi) is 3.62. The first-order valence-corrected chi connectivity index (χ1v) is 5.42. The number of carbonyl (C=O) groups is 1. The van der Waals surface area contributed by atoms with Crippen LogP contribution in [-0.4, -0.2) is 21.0 Å². The molecule has 4 heteroatoms. The molecule has 0 saturated carbocycles. The van der Waals surface area contributed by atoms with Gasteiger partial charge in [0.1, 0.15) is 5.82 Å². The number of rotatable bonds is 4. The zero-order chi connectivity index (χ0) is 12.3. The Bertz CT molecular complexity index is 400. The zero-order valence-corrected chi connectivity index (χ0v) is 10.2.